The molecular formula is C19H24O6. The number of hydrogen-bond acceptors (Lipinski definition) is 6. The lowest BCUT2D eigenvalue weighted by atomic mass is 9.92. The lowest BCUT2D eigenvalue weighted by molar-refractivity contribution is -0.157. The average Bonchev–Trinajstić information content (AvgIpc) is 2.53. The number of carbonyl (C=O) groups is 2. The van der Waals surface area contributed by atoms with Crippen LogP contribution in [-0.2, 0) is 27.2 Å². The largest absolute Gasteiger partial charge is 0.508 e. The van der Waals surface area contributed by atoms with Crippen LogP contribution in [-0.4, -0.2) is 33.9 Å². The Morgan fingerprint density at radius 2 is 2.08 bits per heavy atom. The molecule has 0 saturated carbocycles. The van der Waals surface area contributed by atoms with Crippen molar-refractivity contribution < 1.29 is 29.3 Å². The van der Waals surface area contributed by atoms with E-state index in [1.165, 1.54) is 6.07 Å². The Morgan fingerprint density at radius 1 is 1.40 bits per heavy atom. The molecule has 0 aromatic heterocycles. The topological polar surface area (TPSA) is 93.1 Å². The van der Waals surface area contributed by atoms with Gasteiger partial charge < -0.3 is 19.7 Å². The van der Waals surface area contributed by atoms with Crippen LogP contribution >= 0.6 is 0 Å². The molecule has 6 heteroatoms. The minimum absolute atomic E-state index is 0.0681. The Bertz CT molecular complexity index is 711. The number of aryl methyl sites for hydroxylation is 1. The number of carbonyl (C=O) groups excluding carboxylic acids is 2. The molecular weight excluding hydrogens is 324 g/mol. The molecule has 136 valence electrons. The van der Waals surface area contributed by atoms with Crippen LogP contribution in [0.3, 0.4) is 0 Å². The molecule has 1 aromatic carbocycles. The Morgan fingerprint density at radius 3 is 2.68 bits per heavy atom. The normalized spacial score (nSPS) is 16.0. The third kappa shape index (κ3) is 4.60. The maximum Gasteiger partial charge on any atom is 0.333 e. The van der Waals surface area contributed by atoms with Gasteiger partial charge in [-0.15, -0.1) is 0 Å². The van der Waals surface area contributed by atoms with E-state index in [9.17, 15) is 19.8 Å². The van der Waals surface area contributed by atoms with Crippen molar-refractivity contribution in [3.05, 3.63) is 34.9 Å². The van der Waals surface area contributed by atoms with Crippen LogP contribution in [0.15, 0.2) is 23.8 Å². The first-order chi connectivity index (χ1) is 11.6. The summed E-state index contributed by atoms with van der Waals surface area (Å²) >= 11 is 0. The summed E-state index contributed by atoms with van der Waals surface area (Å²) in [5.74, 6) is -0.564. The van der Waals surface area contributed by atoms with Gasteiger partial charge in [-0.1, -0.05) is 6.08 Å². The monoisotopic (exact) mass is 348 g/mol. The summed E-state index contributed by atoms with van der Waals surface area (Å²) in [6.45, 7) is 6.46. The Labute approximate surface area is 147 Å². The van der Waals surface area contributed by atoms with Crippen LogP contribution in [0.1, 0.15) is 45.2 Å². The van der Waals surface area contributed by atoms with Crippen molar-refractivity contribution in [3.8, 4) is 11.5 Å². The van der Waals surface area contributed by atoms with Gasteiger partial charge >= 0.3 is 11.9 Å². The number of esters is 2. The second-order valence-electron chi connectivity index (χ2n) is 6.79. The molecule has 6 nitrogen and oxygen atoms in total. The van der Waals surface area contributed by atoms with Gasteiger partial charge in [-0.25, -0.2) is 4.79 Å². The summed E-state index contributed by atoms with van der Waals surface area (Å²) in [6, 6.07) is 3.12. The number of benzene rings is 1. The van der Waals surface area contributed by atoms with Crippen LogP contribution in [0.5, 0.6) is 11.5 Å². The van der Waals surface area contributed by atoms with Crippen LogP contribution in [0.25, 0.3) is 0 Å². The third-order valence-electron chi connectivity index (χ3n) is 4.28. The van der Waals surface area contributed by atoms with E-state index in [0.29, 0.717) is 23.3 Å². The summed E-state index contributed by atoms with van der Waals surface area (Å²) in [4.78, 5) is 23.4. The molecule has 2 N–H and O–H groups in total. The van der Waals surface area contributed by atoms with Gasteiger partial charge in [0.15, 0.2) is 0 Å². The van der Waals surface area contributed by atoms with Gasteiger partial charge in [0.05, 0.1) is 12.0 Å². The average molecular weight is 348 g/mol. The first-order valence-corrected chi connectivity index (χ1v) is 8.23. The zero-order valence-electron chi connectivity index (χ0n) is 15.0. The fraction of sp³-hybridized carbons (Fsp3) is 0.474. The SMILES string of the molecule is CC=C(C)C(=O)OC(Cc1cc2c(cc1O)OC(=O)CC2)C(C)(C)O. The lowest BCUT2D eigenvalue weighted by Crippen LogP contribution is -2.41. The van der Waals surface area contributed by atoms with E-state index in [0.717, 1.165) is 5.56 Å². The zero-order valence-corrected chi connectivity index (χ0v) is 15.0. The summed E-state index contributed by atoms with van der Waals surface area (Å²) in [6.07, 6.45) is 1.73. The van der Waals surface area contributed by atoms with Crippen molar-refractivity contribution >= 4 is 11.9 Å². The number of phenolic OH excluding ortho intramolecular Hbond substituents is 1. The van der Waals surface area contributed by atoms with E-state index in [1.54, 1.807) is 39.8 Å². The summed E-state index contributed by atoms with van der Waals surface area (Å²) in [7, 11) is 0. The first kappa shape index (κ1) is 19.0. The number of hydrogen-bond donors (Lipinski definition) is 2. The summed E-state index contributed by atoms with van der Waals surface area (Å²) in [5.41, 5.74) is 0.474. The van der Waals surface area contributed by atoms with Crippen molar-refractivity contribution in [1.29, 1.82) is 0 Å². The molecule has 0 amide bonds. The molecule has 1 atom stereocenters. The number of rotatable bonds is 5. The Balaban J connectivity index is 2.27. The van der Waals surface area contributed by atoms with E-state index >= 15 is 0 Å². The molecule has 1 heterocycles. The lowest BCUT2D eigenvalue weighted by Gasteiger charge is -2.30. The van der Waals surface area contributed by atoms with Crippen molar-refractivity contribution in [1.82, 2.24) is 0 Å². The predicted molar refractivity (Wildman–Crippen MR) is 91.4 cm³/mol. The first-order valence-electron chi connectivity index (χ1n) is 8.23. The molecule has 0 spiro atoms. The minimum Gasteiger partial charge on any atom is -0.508 e. The molecule has 25 heavy (non-hydrogen) atoms. The number of ether oxygens (including phenoxy) is 2. The standard InChI is InChI=1S/C19H24O6/c1-5-11(2)18(22)25-16(19(3,4)23)9-13-8-12-6-7-17(21)24-15(12)10-14(13)20/h5,8,10,16,20,23H,6-7,9H2,1-4H3. The van der Waals surface area contributed by atoms with Gasteiger partial charge in [-0.05, 0) is 51.3 Å². The van der Waals surface area contributed by atoms with Gasteiger partial charge in [0.1, 0.15) is 17.6 Å². The number of aromatic hydroxyl groups is 1. The van der Waals surface area contributed by atoms with Gasteiger partial charge in [0.2, 0.25) is 0 Å². The fourth-order valence-electron chi connectivity index (χ4n) is 2.50. The van der Waals surface area contributed by atoms with Gasteiger partial charge in [-0.3, -0.25) is 4.79 Å². The van der Waals surface area contributed by atoms with E-state index in [4.69, 9.17) is 9.47 Å². The van der Waals surface area contributed by atoms with Crippen LogP contribution in [0.2, 0.25) is 0 Å². The molecule has 1 aromatic rings. The second kappa shape index (κ2) is 7.27. The highest BCUT2D eigenvalue weighted by Gasteiger charge is 2.32. The quantitative estimate of drug-likeness (QED) is 0.482. The van der Waals surface area contributed by atoms with Crippen LogP contribution < -0.4 is 4.74 Å². The summed E-state index contributed by atoms with van der Waals surface area (Å²) < 4.78 is 10.5. The Hall–Kier alpha value is -2.34. The molecule has 0 saturated heterocycles. The maximum atomic E-state index is 12.1. The van der Waals surface area contributed by atoms with Crippen molar-refractivity contribution in [3.63, 3.8) is 0 Å². The smallest absolute Gasteiger partial charge is 0.333 e. The molecule has 1 aliphatic rings. The molecule has 1 unspecified atom stereocenters. The number of phenols is 1. The highest BCUT2D eigenvalue weighted by molar-refractivity contribution is 5.87. The van der Waals surface area contributed by atoms with E-state index in [-0.39, 0.29) is 24.6 Å². The second-order valence-corrected chi connectivity index (χ2v) is 6.79. The summed E-state index contributed by atoms with van der Waals surface area (Å²) in [5, 5.41) is 20.6. The van der Waals surface area contributed by atoms with E-state index < -0.39 is 17.7 Å². The number of fused-ring (bicyclic) bond motifs is 1. The van der Waals surface area contributed by atoms with Crippen molar-refractivity contribution in [2.24, 2.45) is 0 Å². The van der Waals surface area contributed by atoms with Gasteiger partial charge in [0, 0.05) is 18.1 Å². The fourth-order valence-corrected chi connectivity index (χ4v) is 2.50. The number of allylic oxidation sites excluding steroid dienone is 1. The third-order valence-corrected chi connectivity index (χ3v) is 4.28. The Kier molecular flexibility index (Phi) is 5.52. The van der Waals surface area contributed by atoms with Gasteiger partial charge in [0.25, 0.3) is 0 Å². The molecule has 0 bridgehead atoms. The molecule has 2 rings (SSSR count). The predicted octanol–water partition coefficient (Wildman–Crippen LogP) is 2.44. The zero-order chi connectivity index (χ0) is 18.8. The van der Waals surface area contributed by atoms with Crippen molar-refractivity contribution in [2.45, 2.75) is 58.7 Å². The van der Waals surface area contributed by atoms with Crippen LogP contribution in [0.4, 0.5) is 0 Å². The van der Waals surface area contributed by atoms with E-state index in [1.807, 2.05) is 0 Å². The van der Waals surface area contributed by atoms with Crippen LogP contribution in [0, 0.1) is 0 Å². The molecule has 0 radical (unpaired) electrons. The molecule has 0 aliphatic carbocycles. The maximum absolute atomic E-state index is 12.1. The number of aliphatic hydroxyl groups is 1. The van der Waals surface area contributed by atoms with E-state index in [2.05, 4.69) is 0 Å². The van der Waals surface area contributed by atoms with Crippen molar-refractivity contribution in [2.75, 3.05) is 0 Å². The minimum atomic E-state index is -1.29. The molecule has 0 fully saturated rings. The molecule has 1 aliphatic heterocycles. The highest BCUT2D eigenvalue weighted by Crippen LogP contribution is 2.34. The highest BCUT2D eigenvalue weighted by atomic mass is 16.6. The van der Waals surface area contributed by atoms with Gasteiger partial charge in [-0.2, -0.15) is 0 Å².